The Kier molecular flexibility index (Phi) is 5.10. The number of H-pyrrole nitrogens is 1. The SMILES string of the molecule is O=C(/C=C/c1ccc(C(F)(F)F)cc1-c1cccnc1)Nc1ccc2[nH]ccc2c1. The van der Waals surface area contributed by atoms with Crippen molar-refractivity contribution in [1.82, 2.24) is 9.97 Å². The van der Waals surface area contributed by atoms with Crippen LogP contribution in [0.15, 0.2) is 79.3 Å². The zero-order valence-corrected chi connectivity index (χ0v) is 15.6. The quantitative estimate of drug-likeness (QED) is 0.414. The van der Waals surface area contributed by atoms with Crippen LogP contribution in [-0.2, 0) is 11.0 Å². The summed E-state index contributed by atoms with van der Waals surface area (Å²) in [6.07, 6.45) is 3.16. The number of carbonyl (C=O) groups excluding carboxylic acids is 1. The van der Waals surface area contributed by atoms with E-state index in [1.165, 1.54) is 24.4 Å². The minimum Gasteiger partial charge on any atom is -0.361 e. The number of hydrogen-bond donors (Lipinski definition) is 2. The maximum Gasteiger partial charge on any atom is 0.416 e. The van der Waals surface area contributed by atoms with E-state index in [1.807, 2.05) is 18.2 Å². The first-order chi connectivity index (χ1) is 14.4. The van der Waals surface area contributed by atoms with Gasteiger partial charge in [-0.25, -0.2) is 0 Å². The molecule has 4 aromatic rings. The van der Waals surface area contributed by atoms with E-state index in [1.54, 1.807) is 30.6 Å². The van der Waals surface area contributed by atoms with E-state index in [0.717, 1.165) is 23.0 Å². The van der Waals surface area contributed by atoms with Gasteiger partial charge in [-0.05, 0) is 59.7 Å². The lowest BCUT2D eigenvalue weighted by Crippen LogP contribution is -2.08. The predicted molar refractivity (Wildman–Crippen MR) is 111 cm³/mol. The fraction of sp³-hybridized carbons (Fsp3) is 0.0435. The van der Waals surface area contributed by atoms with Crippen molar-refractivity contribution in [3.8, 4) is 11.1 Å². The lowest BCUT2D eigenvalue weighted by atomic mass is 9.97. The molecule has 2 aromatic carbocycles. The van der Waals surface area contributed by atoms with Crippen LogP contribution in [0.1, 0.15) is 11.1 Å². The molecule has 1 amide bonds. The van der Waals surface area contributed by atoms with Crippen molar-refractivity contribution in [2.75, 3.05) is 5.32 Å². The number of benzene rings is 2. The van der Waals surface area contributed by atoms with E-state index in [-0.39, 0.29) is 5.91 Å². The number of rotatable bonds is 4. The van der Waals surface area contributed by atoms with Gasteiger partial charge in [0.2, 0.25) is 5.91 Å². The highest BCUT2D eigenvalue weighted by molar-refractivity contribution is 6.03. The summed E-state index contributed by atoms with van der Waals surface area (Å²) in [4.78, 5) is 19.4. The molecule has 0 atom stereocenters. The minimum absolute atomic E-state index is 0.343. The minimum atomic E-state index is -4.46. The van der Waals surface area contributed by atoms with Gasteiger partial charge < -0.3 is 10.3 Å². The first-order valence-corrected chi connectivity index (χ1v) is 9.08. The Morgan fingerprint density at radius 1 is 1.07 bits per heavy atom. The topological polar surface area (TPSA) is 57.8 Å². The van der Waals surface area contributed by atoms with Gasteiger partial charge in [0.25, 0.3) is 0 Å². The average Bonchev–Trinajstić information content (AvgIpc) is 3.20. The number of pyridine rings is 1. The molecule has 30 heavy (non-hydrogen) atoms. The summed E-state index contributed by atoms with van der Waals surface area (Å²) in [5.41, 5.74) is 2.17. The molecular formula is C23H16F3N3O. The Morgan fingerprint density at radius 2 is 1.93 bits per heavy atom. The third kappa shape index (κ3) is 4.25. The van der Waals surface area contributed by atoms with Crippen LogP contribution in [-0.4, -0.2) is 15.9 Å². The van der Waals surface area contributed by atoms with Crippen LogP contribution in [0.4, 0.5) is 18.9 Å². The summed E-state index contributed by atoms with van der Waals surface area (Å²) in [5, 5.41) is 3.71. The number of carbonyl (C=O) groups is 1. The molecule has 0 aliphatic heterocycles. The number of aromatic amines is 1. The number of nitrogens with zero attached hydrogens (tertiary/aromatic N) is 1. The van der Waals surface area contributed by atoms with Crippen LogP contribution in [0.25, 0.3) is 28.1 Å². The number of alkyl halides is 3. The largest absolute Gasteiger partial charge is 0.416 e. The van der Waals surface area contributed by atoms with Crippen LogP contribution in [0.2, 0.25) is 0 Å². The van der Waals surface area contributed by atoms with Crippen LogP contribution in [0.5, 0.6) is 0 Å². The van der Waals surface area contributed by atoms with E-state index < -0.39 is 11.7 Å². The van der Waals surface area contributed by atoms with Gasteiger partial charge in [0.1, 0.15) is 0 Å². The summed E-state index contributed by atoms with van der Waals surface area (Å²) >= 11 is 0. The molecule has 0 saturated carbocycles. The predicted octanol–water partition coefficient (Wildman–Crippen LogP) is 5.90. The molecule has 2 N–H and O–H groups in total. The summed E-state index contributed by atoms with van der Waals surface area (Å²) in [7, 11) is 0. The number of anilines is 1. The maximum atomic E-state index is 13.2. The lowest BCUT2D eigenvalue weighted by Gasteiger charge is -2.12. The molecule has 0 radical (unpaired) electrons. The van der Waals surface area contributed by atoms with Crippen LogP contribution < -0.4 is 5.32 Å². The number of hydrogen-bond acceptors (Lipinski definition) is 2. The first kappa shape index (κ1) is 19.4. The second-order valence-electron chi connectivity index (χ2n) is 6.64. The molecule has 0 unspecified atom stereocenters. The smallest absolute Gasteiger partial charge is 0.361 e. The van der Waals surface area contributed by atoms with E-state index in [9.17, 15) is 18.0 Å². The molecule has 2 heterocycles. The molecule has 4 nitrogen and oxygen atoms in total. The van der Waals surface area contributed by atoms with Crippen LogP contribution in [0, 0.1) is 0 Å². The van der Waals surface area contributed by atoms with Crippen molar-refractivity contribution in [1.29, 1.82) is 0 Å². The summed E-state index contributed by atoms with van der Waals surface area (Å²) < 4.78 is 39.5. The zero-order chi connectivity index (χ0) is 21.1. The number of fused-ring (bicyclic) bond motifs is 1. The lowest BCUT2D eigenvalue weighted by molar-refractivity contribution is -0.137. The van der Waals surface area contributed by atoms with Gasteiger partial charge in [-0.3, -0.25) is 9.78 Å². The Morgan fingerprint density at radius 3 is 2.70 bits per heavy atom. The van der Waals surface area contributed by atoms with Crippen molar-refractivity contribution < 1.29 is 18.0 Å². The highest BCUT2D eigenvalue weighted by atomic mass is 19.4. The van der Waals surface area contributed by atoms with Crippen molar-refractivity contribution in [3.63, 3.8) is 0 Å². The zero-order valence-electron chi connectivity index (χ0n) is 15.6. The molecule has 0 aliphatic carbocycles. The average molecular weight is 407 g/mol. The van der Waals surface area contributed by atoms with Gasteiger partial charge in [-0.1, -0.05) is 12.1 Å². The standard InChI is InChI=1S/C23H16F3N3O/c24-23(25,26)18-5-3-15(20(13-18)17-2-1-10-27-14-17)4-8-22(30)29-19-6-7-21-16(12-19)9-11-28-21/h1-14,28H,(H,29,30)/b8-4+. The molecule has 2 aromatic heterocycles. The van der Waals surface area contributed by atoms with Gasteiger partial charge in [0, 0.05) is 46.8 Å². The molecular weight excluding hydrogens is 391 g/mol. The Labute approximate surface area is 170 Å². The fourth-order valence-corrected chi connectivity index (χ4v) is 3.13. The van der Waals surface area contributed by atoms with E-state index in [2.05, 4.69) is 15.3 Å². The van der Waals surface area contributed by atoms with Crippen molar-refractivity contribution >= 4 is 28.6 Å². The number of nitrogens with one attached hydrogen (secondary N) is 2. The van der Waals surface area contributed by atoms with E-state index >= 15 is 0 Å². The van der Waals surface area contributed by atoms with Crippen LogP contribution in [0.3, 0.4) is 0 Å². The van der Waals surface area contributed by atoms with Crippen molar-refractivity contribution in [3.05, 3.63) is 90.4 Å². The Bertz CT molecular complexity index is 1230. The van der Waals surface area contributed by atoms with Gasteiger partial charge in [0.15, 0.2) is 0 Å². The normalized spacial score (nSPS) is 11.8. The highest BCUT2D eigenvalue weighted by Crippen LogP contribution is 2.34. The maximum absolute atomic E-state index is 13.2. The fourth-order valence-electron chi connectivity index (χ4n) is 3.13. The molecule has 0 spiro atoms. The first-order valence-electron chi connectivity index (χ1n) is 9.08. The molecule has 0 bridgehead atoms. The van der Waals surface area contributed by atoms with Gasteiger partial charge in [0.05, 0.1) is 5.56 Å². The number of aromatic nitrogens is 2. The second-order valence-corrected chi connectivity index (χ2v) is 6.64. The van der Waals surface area contributed by atoms with Crippen LogP contribution >= 0.6 is 0 Å². The second kappa shape index (κ2) is 7.87. The molecule has 0 fully saturated rings. The third-order valence-electron chi connectivity index (χ3n) is 4.59. The van der Waals surface area contributed by atoms with Gasteiger partial charge in [-0.15, -0.1) is 0 Å². The van der Waals surface area contributed by atoms with Gasteiger partial charge >= 0.3 is 6.18 Å². The van der Waals surface area contributed by atoms with Crippen molar-refractivity contribution in [2.45, 2.75) is 6.18 Å². The third-order valence-corrected chi connectivity index (χ3v) is 4.59. The Balaban J connectivity index is 1.61. The monoisotopic (exact) mass is 407 g/mol. The van der Waals surface area contributed by atoms with E-state index in [4.69, 9.17) is 0 Å². The van der Waals surface area contributed by atoms with Gasteiger partial charge in [-0.2, -0.15) is 13.2 Å². The van der Waals surface area contributed by atoms with E-state index in [0.29, 0.717) is 22.4 Å². The number of amides is 1. The highest BCUT2D eigenvalue weighted by Gasteiger charge is 2.31. The summed E-state index contributed by atoms with van der Waals surface area (Å²) in [5.74, 6) is -0.387. The summed E-state index contributed by atoms with van der Waals surface area (Å²) in [6.45, 7) is 0. The molecule has 0 saturated heterocycles. The molecule has 150 valence electrons. The Hall–Kier alpha value is -3.87. The van der Waals surface area contributed by atoms with Crippen molar-refractivity contribution in [2.24, 2.45) is 0 Å². The molecule has 0 aliphatic rings. The molecule has 7 heteroatoms. The summed E-state index contributed by atoms with van der Waals surface area (Å²) in [6, 6.07) is 14.1. The molecule has 4 rings (SSSR count). The number of halogens is 3.